The van der Waals surface area contributed by atoms with Gasteiger partial charge in [-0.3, -0.25) is 0 Å². The molecule has 1 fully saturated rings. The molecule has 3 atom stereocenters. The number of nitrogens with zero attached hydrogens (tertiary/aromatic N) is 1. The first-order valence-electron chi connectivity index (χ1n) is 8.37. The van der Waals surface area contributed by atoms with Crippen LogP contribution in [0.2, 0.25) is 0 Å². The Morgan fingerprint density at radius 3 is 2.55 bits per heavy atom. The Kier molecular flexibility index (Phi) is 5.49. The standard InChI is InChI=1S/C19H29NO2/c1-13(2)15-11-10-14(3)12-18(15)22-19(21)16-8-6-7-9-17(16)20(4)5/h6-9,13-15,18H,10-12H2,1-5H3. The molecule has 0 aliphatic heterocycles. The van der Waals surface area contributed by atoms with E-state index in [0.29, 0.717) is 23.3 Å². The number of hydrogen-bond donors (Lipinski definition) is 0. The molecule has 0 bridgehead atoms. The average molecular weight is 303 g/mol. The van der Waals surface area contributed by atoms with Gasteiger partial charge in [0, 0.05) is 14.1 Å². The molecule has 0 amide bonds. The number of para-hydroxylation sites is 1. The molecular weight excluding hydrogens is 274 g/mol. The second kappa shape index (κ2) is 7.17. The topological polar surface area (TPSA) is 29.5 Å². The lowest BCUT2D eigenvalue weighted by Crippen LogP contribution is -2.36. The number of benzene rings is 1. The van der Waals surface area contributed by atoms with Gasteiger partial charge in [0.1, 0.15) is 6.10 Å². The van der Waals surface area contributed by atoms with Crippen LogP contribution in [0.4, 0.5) is 5.69 Å². The summed E-state index contributed by atoms with van der Waals surface area (Å²) < 4.78 is 5.95. The third-order valence-electron chi connectivity index (χ3n) is 4.83. The number of hydrogen-bond acceptors (Lipinski definition) is 3. The summed E-state index contributed by atoms with van der Waals surface area (Å²) in [7, 11) is 3.90. The highest BCUT2D eigenvalue weighted by Crippen LogP contribution is 2.36. The minimum absolute atomic E-state index is 0.0477. The Labute approximate surface area is 134 Å². The van der Waals surface area contributed by atoms with Gasteiger partial charge in [0.05, 0.1) is 11.3 Å². The molecule has 3 nitrogen and oxygen atoms in total. The van der Waals surface area contributed by atoms with E-state index >= 15 is 0 Å². The zero-order valence-electron chi connectivity index (χ0n) is 14.5. The minimum Gasteiger partial charge on any atom is -0.458 e. The first-order chi connectivity index (χ1) is 10.4. The second-order valence-corrected chi connectivity index (χ2v) is 7.18. The molecule has 0 spiro atoms. The van der Waals surface area contributed by atoms with Crippen molar-refractivity contribution >= 4 is 11.7 Å². The lowest BCUT2D eigenvalue weighted by molar-refractivity contribution is -0.0173. The smallest absolute Gasteiger partial charge is 0.340 e. The molecular formula is C19H29NO2. The molecule has 22 heavy (non-hydrogen) atoms. The molecule has 1 aromatic carbocycles. The van der Waals surface area contributed by atoms with E-state index in [1.807, 2.05) is 43.3 Å². The summed E-state index contributed by atoms with van der Waals surface area (Å²) in [6.45, 7) is 6.72. The summed E-state index contributed by atoms with van der Waals surface area (Å²) in [5, 5.41) is 0. The molecule has 2 rings (SSSR count). The van der Waals surface area contributed by atoms with Gasteiger partial charge in [0.25, 0.3) is 0 Å². The molecule has 0 saturated heterocycles. The van der Waals surface area contributed by atoms with Crippen molar-refractivity contribution in [3.05, 3.63) is 29.8 Å². The van der Waals surface area contributed by atoms with Crippen LogP contribution in [0, 0.1) is 17.8 Å². The largest absolute Gasteiger partial charge is 0.458 e. The van der Waals surface area contributed by atoms with Gasteiger partial charge >= 0.3 is 5.97 Å². The zero-order valence-corrected chi connectivity index (χ0v) is 14.5. The van der Waals surface area contributed by atoms with Crippen LogP contribution < -0.4 is 4.90 Å². The van der Waals surface area contributed by atoms with Crippen molar-refractivity contribution in [2.24, 2.45) is 17.8 Å². The monoisotopic (exact) mass is 303 g/mol. The van der Waals surface area contributed by atoms with Crippen LogP contribution in [0.1, 0.15) is 50.4 Å². The Balaban J connectivity index is 2.16. The fraction of sp³-hybridized carbons (Fsp3) is 0.632. The number of esters is 1. The molecule has 0 aromatic heterocycles. The highest BCUT2D eigenvalue weighted by atomic mass is 16.5. The number of ether oxygens (including phenoxy) is 1. The van der Waals surface area contributed by atoms with Crippen LogP contribution in [0.3, 0.4) is 0 Å². The van der Waals surface area contributed by atoms with Crippen molar-refractivity contribution in [2.75, 3.05) is 19.0 Å². The van der Waals surface area contributed by atoms with Gasteiger partial charge in [0.15, 0.2) is 0 Å². The molecule has 0 N–H and O–H groups in total. The summed E-state index contributed by atoms with van der Waals surface area (Å²) in [6.07, 6.45) is 3.43. The van der Waals surface area contributed by atoms with Gasteiger partial charge in [0.2, 0.25) is 0 Å². The summed E-state index contributed by atoms with van der Waals surface area (Å²) in [6, 6.07) is 7.66. The predicted molar refractivity (Wildman–Crippen MR) is 91.3 cm³/mol. The molecule has 3 heteroatoms. The van der Waals surface area contributed by atoms with E-state index in [9.17, 15) is 4.79 Å². The highest BCUT2D eigenvalue weighted by Gasteiger charge is 2.33. The zero-order chi connectivity index (χ0) is 16.3. The van der Waals surface area contributed by atoms with Crippen molar-refractivity contribution in [1.29, 1.82) is 0 Å². The van der Waals surface area contributed by atoms with Crippen molar-refractivity contribution < 1.29 is 9.53 Å². The van der Waals surface area contributed by atoms with Crippen LogP contribution in [0.25, 0.3) is 0 Å². The average Bonchev–Trinajstić information content (AvgIpc) is 2.46. The van der Waals surface area contributed by atoms with Gasteiger partial charge in [-0.25, -0.2) is 4.79 Å². The van der Waals surface area contributed by atoms with E-state index in [4.69, 9.17) is 4.74 Å². The van der Waals surface area contributed by atoms with Crippen molar-refractivity contribution in [3.8, 4) is 0 Å². The molecule has 1 saturated carbocycles. The Morgan fingerprint density at radius 2 is 1.91 bits per heavy atom. The first kappa shape index (κ1) is 16.9. The van der Waals surface area contributed by atoms with Gasteiger partial charge < -0.3 is 9.64 Å². The summed E-state index contributed by atoms with van der Waals surface area (Å²) in [4.78, 5) is 14.6. The quantitative estimate of drug-likeness (QED) is 0.774. The summed E-state index contributed by atoms with van der Waals surface area (Å²) in [5.41, 5.74) is 1.57. The maximum absolute atomic E-state index is 12.7. The van der Waals surface area contributed by atoms with Gasteiger partial charge in [-0.15, -0.1) is 0 Å². The summed E-state index contributed by atoms with van der Waals surface area (Å²) >= 11 is 0. The fourth-order valence-electron chi connectivity index (χ4n) is 3.49. The fourth-order valence-corrected chi connectivity index (χ4v) is 3.49. The second-order valence-electron chi connectivity index (χ2n) is 7.18. The molecule has 3 unspecified atom stereocenters. The lowest BCUT2D eigenvalue weighted by Gasteiger charge is -2.36. The van der Waals surface area contributed by atoms with Crippen LogP contribution in [-0.2, 0) is 4.74 Å². The minimum atomic E-state index is -0.186. The maximum atomic E-state index is 12.7. The number of rotatable bonds is 4. The number of carbonyl (C=O) groups is 1. The van der Waals surface area contributed by atoms with Crippen LogP contribution >= 0.6 is 0 Å². The van der Waals surface area contributed by atoms with Crippen molar-refractivity contribution in [1.82, 2.24) is 0 Å². The van der Waals surface area contributed by atoms with Crippen molar-refractivity contribution in [3.63, 3.8) is 0 Å². The highest BCUT2D eigenvalue weighted by molar-refractivity contribution is 5.95. The van der Waals surface area contributed by atoms with E-state index in [1.165, 1.54) is 6.42 Å². The normalized spacial score (nSPS) is 25.1. The lowest BCUT2D eigenvalue weighted by atomic mass is 9.75. The molecule has 1 aliphatic rings. The van der Waals surface area contributed by atoms with E-state index < -0.39 is 0 Å². The number of carbonyl (C=O) groups excluding carboxylic acids is 1. The van der Waals surface area contributed by atoms with Crippen LogP contribution in [0.5, 0.6) is 0 Å². The van der Waals surface area contributed by atoms with Crippen molar-refractivity contribution in [2.45, 2.75) is 46.1 Å². The molecule has 1 aromatic rings. The van der Waals surface area contributed by atoms with Crippen LogP contribution in [0.15, 0.2) is 24.3 Å². The van der Waals surface area contributed by atoms with Gasteiger partial charge in [-0.2, -0.15) is 0 Å². The van der Waals surface area contributed by atoms with Gasteiger partial charge in [-0.1, -0.05) is 39.3 Å². The Bertz CT molecular complexity index is 510. The van der Waals surface area contributed by atoms with Crippen LogP contribution in [-0.4, -0.2) is 26.2 Å². The molecule has 0 heterocycles. The molecule has 122 valence electrons. The maximum Gasteiger partial charge on any atom is 0.340 e. The molecule has 0 radical (unpaired) electrons. The van der Waals surface area contributed by atoms with E-state index in [0.717, 1.165) is 18.5 Å². The van der Waals surface area contributed by atoms with Gasteiger partial charge in [-0.05, 0) is 42.7 Å². The Hall–Kier alpha value is -1.51. The Morgan fingerprint density at radius 1 is 1.23 bits per heavy atom. The predicted octanol–water partition coefficient (Wildman–Crippen LogP) is 4.37. The SMILES string of the molecule is CC1CCC(C(C)C)C(OC(=O)c2ccccc2N(C)C)C1. The van der Waals surface area contributed by atoms with E-state index in [1.54, 1.807) is 0 Å². The third kappa shape index (κ3) is 3.82. The van der Waals surface area contributed by atoms with E-state index in [2.05, 4.69) is 20.8 Å². The third-order valence-corrected chi connectivity index (χ3v) is 4.83. The summed E-state index contributed by atoms with van der Waals surface area (Å²) in [5.74, 6) is 1.48. The van der Waals surface area contributed by atoms with E-state index in [-0.39, 0.29) is 12.1 Å². The molecule has 1 aliphatic carbocycles. The number of anilines is 1. The first-order valence-corrected chi connectivity index (χ1v) is 8.37.